The third kappa shape index (κ3) is 3.44. The summed E-state index contributed by atoms with van der Waals surface area (Å²) in [6.07, 6.45) is 0. The Kier molecular flexibility index (Phi) is 3.61. The van der Waals surface area contributed by atoms with E-state index < -0.39 is 0 Å². The molecule has 1 aromatic heterocycles. The average Bonchev–Trinajstić information content (AvgIpc) is 2.25. The predicted octanol–water partition coefficient (Wildman–Crippen LogP) is 3.86. The zero-order valence-electron chi connectivity index (χ0n) is 9.79. The summed E-state index contributed by atoms with van der Waals surface area (Å²) in [5.41, 5.74) is 4.02. The van der Waals surface area contributed by atoms with E-state index in [4.69, 9.17) is 0 Å². The van der Waals surface area contributed by atoms with Crippen LogP contribution >= 0.6 is 15.9 Å². The van der Waals surface area contributed by atoms with Crippen molar-refractivity contribution in [1.29, 1.82) is 0 Å². The number of nitrogens with zero attached hydrogens (tertiary/aromatic N) is 1. The minimum absolute atomic E-state index is 1.00. The van der Waals surface area contributed by atoms with Gasteiger partial charge in [-0.3, -0.25) is 4.98 Å². The van der Waals surface area contributed by atoms with Crippen molar-refractivity contribution in [2.75, 3.05) is 0 Å². The molecule has 2 rings (SSSR count). The summed E-state index contributed by atoms with van der Waals surface area (Å²) in [6.45, 7) is 3.97. The molecule has 0 atom stereocenters. The van der Waals surface area contributed by atoms with Crippen molar-refractivity contribution in [3.63, 3.8) is 0 Å². The molecule has 0 unspecified atom stereocenters. The number of hydrogen-bond donors (Lipinski definition) is 0. The van der Waals surface area contributed by atoms with Crippen LogP contribution in [0, 0.1) is 25.7 Å². The number of aryl methyl sites for hydroxylation is 2. The fraction of sp³-hybridized carbons (Fsp3) is 0.133. The number of rotatable bonds is 0. The first-order chi connectivity index (χ1) is 8.13. The number of benzene rings is 1. The quantitative estimate of drug-likeness (QED) is 0.670. The molecule has 2 aromatic rings. The van der Waals surface area contributed by atoms with Crippen LogP contribution in [-0.4, -0.2) is 4.98 Å². The van der Waals surface area contributed by atoms with Gasteiger partial charge in [-0.1, -0.05) is 33.8 Å². The molecule has 0 saturated carbocycles. The minimum Gasteiger partial charge on any atom is -0.258 e. The smallest absolute Gasteiger partial charge is 0.0388 e. The molecule has 0 radical (unpaired) electrons. The van der Waals surface area contributed by atoms with Crippen LogP contribution in [0.2, 0.25) is 0 Å². The summed E-state index contributed by atoms with van der Waals surface area (Å²) < 4.78 is 1.05. The van der Waals surface area contributed by atoms with Crippen LogP contribution in [0.25, 0.3) is 0 Å². The molecule has 0 N–H and O–H groups in total. The van der Waals surface area contributed by atoms with Crippen LogP contribution in [-0.2, 0) is 0 Å². The third-order valence-corrected chi connectivity index (χ3v) is 2.75. The molecule has 84 valence electrons. The molecular weight excluding hydrogens is 274 g/mol. The molecular formula is C15H12BrN. The van der Waals surface area contributed by atoms with E-state index in [-0.39, 0.29) is 0 Å². The maximum Gasteiger partial charge on any atom is 0.0388 e. The predicted molar refractivity (Wildman–Crippen MR) is 73.8 cm³/mol. The Morgan fingerprint density at radius 1 is 0.941 bits per heavy atom. The van der Waals surface area contributed by atoms with E-state index in [0.717, 1.165) is 27.0 Å². The Balaban J connectivity index is 2.32. The van der Waals surface area contributed by atoms with Crippen LogP contribution in [0.3, 0.4) is 0 Å². The van der Waals surface area contributed by atoms with Gasteiger partial charge in [0.15, 0.2) is 0 Å². The lowest BCUT2D eigenvalue weighted by Gasteiger charge is -1.97. The van der Waals surface area contributed by atoms with Gasteiger partial charge < -0.3 is 0 Å². The molecule has 1 nitrogen and oxygen atoms in total. The summed E-state index contributed by atoms with van der Waals surface area (Å²) in [5, 5.41) is 0. The van der Waals surface area contributed by atoms with Gasteiger partial charge in [0, 0.05) is 27.0 Å². The second-order valence-corrected chi connectivity index (χ2v) is 4.81. The Morgan fingerprint density at radius 3 is 2.24 bits per heavy atom. The highest BCUT2D eigenvalue weighted by molar-refractivity contribution is 9.10. The molecule has 0 saturated heterocycles. The summed E-state index contributed by atoms with van der Waals surface area (Å²) in [4.78, 5) is 4.33. The summed E-state index contributed by atoms with van der Waals surface area (Å²) >= 11 is 3.43. The first-order valence-electron chi connectivity index (χ1n) is 5.36. The van der Waals surface area contributed by atoms with Crippen LogP contribution in [0.15, 0.2) is 40.9 Å². The molecule has 1 heterocycles. The average molecular weight is 286 g/mol. The van der Waals surface area contributed by atoms with Gasteiger partial charge in [0.05, 0.1) is 0 Å². The minimum atomic E-state index is 1.00. The molecule has 0 fully saturated rings. The molecule has 0 bridgehead atoms. The van der Waals surface area contributed by atoms with Gasteiger partial charge in [-0.15, -0.1) is 0 Å². The first-order valence-corrected chi connectivity index (χ1v) is 6.16. The van der Waals surface area contributed by atoms with Crippen LogP contribution in [0.5, 0.6) is 0 Å². The highest BCUT2D eigenvalue weighted by Gasteiger charge is 1.93. The van der Waals surface area contributed by atoms with Gasteiger partial charge in [0.2, 0.25) is 0 Å². The maximum absolute atomic E-state index is 4.33. The Hall–Kier alpha value is -1.59. The summed E-state index contributed by atoms with van der Waals surface area (Å²) in [6, 6.07) is 12.0. The van der Waals surface area contributed by atoms with Gasteiger partial charge in [-0.2, -0.15) is 0 Å². The van der Waals surface area contributed by atoms with E-state index in [0.29, 0.717) is 0 Å². The lowest BCUT2D eigenvalue weighted by atomic mass is 10.1. The first kappa shape index (κ1) is 11.9. The fourth-order valence-corrected chi connectivity index (χ4v) is 2.02. The second-order valence-electron chi connectivity index (χ2n) is 3.90. The van der Waals surface area contributed by atoms with Crippen molar-refractivity contribution >= 4 is 15.9 Å². The SMILES string of the molecule is Cc1cc(C#Cc2cccc(Br)c2)cc(C)n1. The van der Waals surface area contributed by atoms with E-state index in [1.807, 2.05) is 50.2 Å². The molecule has 0 spiro atoms. The van der Waals surface area contributed by atoms with Crippen molar-refractivity contribution in [1.82, 2.24) is 4.98 Å². The standard InChI is InChI=1S/C15H12BrN/c1-11-8-14(9-12(2)17-11)7-6-13-4-3-5-15(16)10-13/h3-5,8-10H,1-2H3. The molecule has 0 amide bonds. The van der Waals surface area contributed by atoms with Crippen LogP contribution < -0.4 is 0 Å². The van der Waals surface area contributed by atoms with Crippen molar-refractivity contribution in [2.45, 2.75) is 13.8 Å². The van der Waals surface area contributed by atoms with Crippen molar-refractivity contribution < 1.29 is 0 Å². The van der Waals surface area contributed by atoms with E-state index in [2.05, 4.69) is 32.8 Å². The van der Waals surface area contributed by atoms with Gasteiger partial charge in [-0.25, -0.2) is 0 Å². The largest absolute Gasteiger partial charge is 0.258 e. The van der Waals surface area contributed by atoms with Crippen LogP contribution in [0.1, 0.15) is 22.5 Å². The van der Waals surface area contributed by atoms with Gasteiger partial charge in [0.25, 0.3) is 0 Å². The molecule has 17 heavy (non-hydrogen) atoms. The van der Waals surface area contributed by atoms with Gasteiger partial charge >= 0.3 is 0 Å². The van der Waals surface area contributed by atoms with Gasteiger partial charge in [0.1, 0.15) is 0 Å². The lowest BCUT2D eigenvalue weighted by molar-refractivity contribution is 1.12. The Morgan fingerprint density at radius 2 is 1.59 bits per heavy atom. The number of pyridine rings is 1. The van der Waals surface area contributed by atoms with E-state index >= 15 is 0 Å². The zero-order valence-corrected chi connectivity index (χ0v) is 11.4. The number of hydrogen-bond acceptors (Lipinski definition) is 1. The van der Waals surface area contributed by atoms with Crippen molar-refractivity contribution in [2.24, 2.45) is 0 Å². The summed E-state index contributed by atoms with van der Waals surface area (Å²) in [5.74, 6) is 6.31. The normalized spacial score (nSPS) is 9.59. The van der Waals surface area contributed by atoms with Crippen molar-refractivity contribution in [3.05, 3.63) is 63.4 Å². The number of aromatic nitrogens is 1. The highest BCUT2D eigenvalue weighted by atomic mass is 79.9. The topological polar surface area (TPSA) is 12.9 Å². The summed E-state index contributed by atoms with van der Waals surface area (Å²) in [7, 11) is 0. The maximum atomic E-state index is 4.33. The lowest BCUT2D eigenvalue weighted by Crippen LogP contribution is -1.87. The monoisotopic (exact) mass is 285 g/mol. The van der Waals surface area contributed by atoms with Crippen LogP contribution in [0.4, 0.5) is 0 Å². The van der Waals surface area contributed by atoms with Crippen molar-refractivity contribution in [3.8, 4) is 11.8 Å². The second kappa shape index (κ2) is 5.16. The Bertz CT molecular complexity index is 586. The molecule has 0 aliphatic heterocycles. The number of halogens is 1. The fourth-order valence-electron chi connectivity index (χ4n) is 1.62. The Labute approximate surface area is 110 Å². The van der Waals surface area contributed by atoms with Gasteiger partial charge in [-0.05, 0) is 44.2 Å². The highest BCUT2D eigenvalue weighted by Crippen LogP contribution is 2.11. The molecule has 0 aliphatic rings. The molecule has 2 heteroatoms. The zero-order chi connectivity index (χ0) is 12.3. The molecule has 1 aromatic carbocycles. The van der Waals surface area contributed by atoms with E-state index in [1.165, 1.54) is 0 Å². The van der Waals surface area contributed by atoms with E-state index in [9.17, 15) is 0 Å². The molecule has 0 aliphatic carbocycles. The van der Waals surface area contributed by atoms with E-state index in [1.54, 1.807) is 0 Å². The third-order valence-electron chi connectivity index (χ3n) is 2.26.